The van der Waals surface area contributed by atoms with Crippen LogP contribution in [0.4, 0.5) is 0 Å². The number of carboxylic acid groups (broad SMARTS) is 1. The quantitative estimate of drug-likeness (QED) is 0.0548. The van der Waals surface area contributed by atoms with E-state index in [0.29, 0.717) is 25.1 Å². The molecule has 0 aliphatic rings. The fourth-order valence-corrected chi connectivity index (χ4v) is 4.69. The molecule has 2 aromatic heterocycles. The van der Waals surface area contributed by atoms with Crippen molar-refractivity contribution in [2.24, 2.45) is 28.1 Å². The number of aromatic amines is 2. The van der Waals surface area contributed by atoms with Gasteiger partial charge < -0.3 is 48.2 Å². The summed E-state index contributed by atoms with van der Waals surface area (Å²) in [6.45, 7) is 3.92. The zero-order chi connectivity index (χ0) is 32.2. The molecule has 0 aliphatic carbocycles. The molecule has 0 aliphatic heterocycles. The van der Waals surface area contributed by atoms with Crippen molar-refractivity contribution in [2.75, 3.05) is 6.54 Å². The molecular weight excluding hydrogens is 568 g/mol. The largest absolute Gasteiger partial charge is 0.480 e. The fraction of sp³-hybridized carbons (Fsp3) is 0.448. The maximum atomic E-state index is 13.8. The molecule has 0 radical (unpaired) electrons. The number of aromatic nitrogens is 3. The lowest BCUT2D eigenvalue weighted by molar-refractivity contribution is -0.142. The van der Waals surface area contributed by atoms with Crippen molar-refractivity contribution in [1.29, 1.82) is 0 Å². The molecule has 0 saturated carbocycles. The number of hydrogen-bond donors (Lipinski definition) is 9. The molecule has 1 aromatic carbocycles. The van der Waals surface area contributed by atoms with E-state index in [9.17, 15) is 24.3 Å². The van der Waals surface area contributed by atoms with Crippen LogP contribution in [0, 0.1) is 5.92 Å². The number of para-hydroxylation sites is 1. The van der Waals surface area contributed by atoms with Gasteiger partial charge in [-0.25, -0.2) is 9.78 Å². The number of aliphatic carboxylic acids is 1. The molecule has 3 amide bonds. The van der Waals surface area contributed by atoms with Gasteiger partial charge in [0.05, 0.1) is 12.4 Å². The Morgan fingerprint density at radius 1 is 1.00 bits per heavy atom. The number of amides is 3. The second-order valence-electron chi connectivity index (χ2n) is 10.7. The van der Waals surface area contributed by atoms with Crippen molar-refractivity contribution >= 4 is 40.6 Å². The van der Waals surface area contributed by atoms with Crippen LogP contribution in [0.1, 0.15) is 44.4 Å². The normalized spacial score (nSPS) is 14.5. The molecule has 15 heteroatoms. The van der Waals surface area contributed by atoms with Gasteiger partial charge in [0.15, 0.2) is 5.96 Å². The van der Waals surface area contributed by atoms with Gasteiger partial charge in [-0.05, 0) is 30.4 Å². The van der Waals surface area contributed by atoms with Crippen LogP contribution >= 0.6 is 0 Å². The zero-order valence-electron chi connectivity index (χ0n) is 24.9. The van der Waals surface area contributed by atoms with Gasteiger partial charge >= 0.3 is 5.97 Å². The summed E-state index contributed by atoms with van der Waals surface area (Å²) in [7, 11) is 0. The molecule has 5 unspecified atom stereocenters. The van der Waals surface area contributed by atoms with Crippen molar-refractivity contribution in [3.05, 3.63) is 54.2 Å². The topological polar surface area (TPSA) is 259 Å². The second-order valence-corrected chi connectivity index (χ2v) is 10.7. The van der Waals surface area contributed by atoms with E-state index < -0.39 is 47.9 Å². The summed E-state index contributed by atoms with van der Waals surface area (Å²) in [5.41, 5.74) is 19.0. The number of aliphatic imine (C=N–C) groups is 1. The molecule has 0 fully saturated rings. The molecule has 0 spiro atoms. The first-order valence-corrected chi connectivity index (χ1v) is 14.5. The van der Waals surface area contributed by atoms with E-state index in [1.165, 1.54) is 12.5 Å². The van der Waals surface area contributed by atoms with E-state index in [-0.39, 0.29) is 31.1 Å². The first-order valence-electron chi connectivity index (χ1n) is 14.5. The third-order valence-electron chi connectivity index (χ3n) is 7.42. The molecule has 3 rings (SSSR count). The SMILES string of the molecule is CCC(C)C(NC(=O)C(Cc1c[nH]c2ccccc12)NC(=O)C(N)CCCN=C(N)N)C(=O)NC(Cc1cnc[nH]1)C(=O)O. The van der Waals surface area contributed by atoms with E-state index >= 15 is 0 Å². The predicted molar refractivity (Wildman–Crippen MR) is 165 cm³/mol. The van der Waals surface area contributed by atoms with Gasteiger partial charge in [-0.2, -0.15) is 0 Å². The lowest BCUT2D eigenvalue weighted by Gasteiger charge is -2.28. The van der Waals surface area contributed by atoms with Gasteiger partial charge in [-0.3, -0.25) is 19.4 Å². The molecule has 0 bridgehead atoms. The molecule has 15 nitrogen and oxygen atoms in total. The van der Waals surface area contributed by atoms with Gasteiger partial charge in [0.1, 0.15) is 18.1 Å². The molecule has 3 aromatic rings. The number of carbonyl (C=O) groups is 4. The van der Waals surface area contributed by atoms with Crippen LogP contribution in [0.15, 0.2) is 48.0 Å². The van der Waals surface area contributed by atoms with Crippen LogP contribution in [-0.4, -0.2) is 80.4 Å². The zero-order valence-corrected chi connectivity index (χ0v) is 24.9. The van der Waals surface area contributed by atoms with Crippen molar-refractivity contribution in [3.63, 3.8) is 0 Å². The number of H-pyrrole nitrogens is 2. The third kappa shape index (κ3) is 9.55. The number of carboxylic acids is 1. The fourth-order valence-electron chi connectivity index (χ4n) is 4.69. The predicted octanol–water partition coefficient (Wildman–Crippen LogP) is -0.358. The number of benzene rings is 1. The summed E-state index contributed by atoms with van der Waals surface area (Å²) in [5, 5.41) is 18.7. The van der Waals surface area contributed by atoms with E-state index in [4.69, 9.17) is 17.2 Å². The van der Waals surface area contributed by atoms with Crippen LogP contribution < -0.4 is 33.2 Å². The van der Waals surface area contributed by atoms with Gasteiger partial charge in [0.2, 0.25) is 17.7 Å². The van der Waals surface area contributed by atoms with Crippen LogP contribution in [0.5, 0.6) is 0 Å². The van der Waals surface area contributed by atoms with Gasteiger partial charge in [0.25, 0.3) is 0 Å². The highest BCUT2D eigenvalue weighted by atomic mass is 16.4. The molecule has 2 heterocycles. The molecular formula is C29H42N10O5. The first-order chi connectivity index (χ1) is 21.0. The second kappa shape index (κ2) is 16.1. The number of guanidine groups is 1. The maximum Gasteiger partial charge on any atom is 0.326 e. The van der Waals surface area contributed by atoms with E-state index in [1.807, 2.05) is 31.2 Å². The highest BCUT2D eigenvalue weighted by Crippen LogP contribution is 2.20. The van der Waals surface area contributed by atoms with Gasteiger partial charge in [-0.15, -0.1) is 0 Å². The standard InChI is InChI=1S/C29H42N10O5/c1-3-16(2)24(27(42)38-23(28(43)44)12-18-14-33-15-36-18)39-26(41)22(11-17-13-35-21-9-5-4-7-19(17)21)37-25(40)20(30)8-6-10-34-29(31)32/h4-5,7,9,13-16,20,22-24,35H,3,6,8,10-12,30H2,1-2H3,(H,33,36)(H,37,40)(H,38,42)(H,39,41)(H,43,44)(H4,31,32,34). The van der Waals surface area contributed by atoms with Gasteiger partial charge in [-0.1, -0.05) is 38.5 Å². The smallest absolute Gasteiger partial charge is 0.326 e. The highest BCUT2D eigenvalue weighted by Gasteiger charge is 2.33. The Morgan fingerprint density at radius 2 is 1.73 bits per heavy atom. The summed E-state index contributed by atoms with van der Waals surface area (Å²) in [6.07, 6.45) is 5.96. The summed E-state index contributed by atoms with van der Waals surface area (Å²) in [5.74, 6) is -3.48. The van der Waals surface area contributed by atoms with Crippen LogP contribution in [0.25, 0.3) is 10.9 Å². The molecule has 238 valence electrons. The summed E-state index contributed by atoms with van der Waals surface area (Å²) in [6, 6.07) is 3.17. The van der Waals surface area contributed by atoms with E-state index in [0.717, 1.165) is 16.5 Å². The van der Waals surface area contributed by atoms with E-state index in [2.05, 4.69) is 35.9 Å². The van der Waals surface area contributed by atoms with Gasteiger partial charge in [0, 0.05) is 48.4 Å². The molecule has 5 atom stereocenters. The van der Waals surface area contributed by atoms with Crippen LogP contribution in [-0.2, 0) is 32.0 Å². The van der Waals surface area contributed by atoms with Crippen molar-refractivity contribution < 1.29 is 24.3 Å². The number of imidazole rings is 1. The number of hydrogen-bond acceptors (Lipinski definition) is 7. The van der Waals surface area contributed by atoms with Crippen molar-refractivity contribution in [3.8, 4) is 0 Å². The number of nitrogens with one attached hydrogen (secondary N) is 5. The number of nitrogens with zero attached hydrogens (tertiary/aromatic N) is 2. The molecule has 12 N–H and O–H groups in total. The van der Waals surface area contributed by atoms with Crippen LogP contribution in [0.3, 0.4) is 0 Å². The molecule has 44 heavy (non-hydrogen) atoms. The Hall–Kier alpha value is -4.92. The molecule has 0 saturated heterocycles. The lowest BCUT2D eigenvalue weighted by Crippen LogP contribution is -2.59. The minimum atomic E-state index is -1.26. The van der Waals surface area contributed by atoms with Crippen LogP contribution in [0.2, 0.25) is 0 Å². The monoisotopic (exact) mass is 610 g/mol. The highest BCUT2D eigenvalue weighted by molar-refractivity contribution is 5.95. The average Bonchev–Trinajstić information content (AvgIpc) is 3.66. The Morgan fingerprint density at radius 3 is 2.39 bits per heavy atom. The summed E-state index contributed by atoms with van der Waals surface area (Å²) < 4.78 is 0. The Balaban J connectivity index is 1.80. The Bertz CT molecular complexity index is 1430. The number of carbonyl (C=O) groups excluding carboxylic acids is 3. The summed E-state index contributed by atoms with van der Waals surface area (Å²) in [4.78, 5) is 66.0. The average molecular weight is 611 g/mol. The van der Waals surface area contributed by atoms with E-state index in [1.54, 1.807) is 13.1 Å². The maximum absolute atomic E-state index is 13.8. The number of rotatable bonds is 17. The Labute approximate surface area is 254 Å². The minimum absolute atomic E-state index is 0.0252. The number of fused-ring (bicyclic) bond motifs is 1. The third-order valence-corrected chi connectivity index (χ3v) is 7.42. The van der Waals surface area contributed by atoms with Crippen molar-refractivity contribution in [1.82, 2.24) is 30.9 Å². The summed E-state index contributed by atoms with van der Waals surface area (Å²) >= 11 is 0. The minimum Gasteiger partial charge on any atom is -0.480 e. The van der Waals surface area contributed by atoms with Crippen molar-refractivity contribution in [2.45, 2.75) is 70.1 Å². The lowest BCUT2D eigenvalue weighted by atomic mass is 9.96. The number of nitrogens with two attached hydrogens (primary N) is 3. The Kier molecular flexibility index (Phi) is 12.3. The first kappa shape index (κ1) is 33.6.